The van der Waals surface area contributed by atoms with Crippen LogP contribution in [0.4, 0.5) is 0 Å². The van der Waals surface area contributed by atoms with E-state index >= 15 is 0 Å². The first-order chi connectivity index (χ1) is 8.55. The fraction of sp³-hybridized carbons (Fsp3) is 0.938. The van der Waals surface area contributed by atoms with E-state index < -0.39 is 11.0 Å². The van der Waals surface area contributed by atoms with Crippen LogP contribution in [0, 0.1) is 28.6 Å². The van der Waals surface area contributed by atoms with Crippen LogP contribution in [0.1, 0.15) is 71.6 Å². The Hall–Kier alpha value is -0.550. The molecule has 2 aliphatic rings. The van der Waals surface area contributed by atoms with E-state index in [1.807, 2.05) is 0 Å². The molecular formula is C16H27NO. The lowest BCUT2D eigenvalue weighted by Crippen LogP contribution is -2.46. The molecule has 102 valence electrons. The number of aliphatic hydroxyl groups is 1. The van der Waals surface area contributed by atoms with Gasteiger partial charge in [-0.3, -0.25) is 0 Å². The van der Waals surface area contributed by atoms with E-state index in [-0.39, 0.29) is 0 Å². The second-order valence-electron chi connectivity index (χ2n) is 6.78. The highest BCUT2D eigenvalue weighted by Gasteiger charge is 2.54. The van der Waals surface area contributed by atoms with Crippen LogP contribution < -0.4 is 0 Å². The van der Waals surface area contributed by atoms with Crippen molar-refractivity contribution < 1.29 is 5.11 Å². The minimum absolute atomic E-state index is 0.447. The maximum absolute atomic E-state index is 11.1. The maximum atomic E-state index is 11.1. The van der Waals surface area contributed by atoms with Gasteiger partial charge in [-0.15, -0.1) is 0 Å². The molecule has 4 unspecified atom stereocenters. The van der Waals surface area contributed by atoms with Gasteiger partial charge in [-0.1, -0.05) is 33.1 Å². The highest BCUT2D eigenvalue weighted by atomic mass is 16.3. The molecule has 0 aromatic rings. The zero-order valence-electron chi connectivity index (χ0n) is 11.9. The van der Waals surface area contributed by atoms with E-state index in [1.165, 1.54) is 6.42 Å². The summed E-state index contributed by atoms with van der Waals surface area (Å²) in [5.74, 6) is 1.35. The molecule has 2 fully saturated rings. The molecule has 0 spiro atoms. The Kier molecular flexibility index (Phi) is 4.02. The molecule has 0 amide bonds. The van der Waals surface area contributed by atoms with E-state index in [9.17, 15) is 10.4 Å². The van der Waals surface area contributed by atoms with Crippen molar-refractivity contribution in [1.29, 1.82) is 5.26 Å². The van der Waals surface area contributed by atoms with Crippen LogP contribution in [0.5, 0.6) is 0 Å². The lowest BCUT2D eigenvalue weighted by Gasteiger charge is -2.40. The molecule has 2 aliphatic carbocycles. The Morgan fingerprint density at radius 2 is 2.00 bits per heavy atom. The lowest BCUT2D eigenvalue weighted by atomic mass is 9.67. The van der Waals surface area contributed by atoms with Gasteiger partial charge in [-0.2, -0.15) is 5.26 Å². The summed E-state index contributed by atoms with van der Waals surface area (Å²) in [4.78, 5) is 0. The summed E-state index contributed by atoms with van der Waals surface area (Å²) in [5, 5.41) is 20.8. The van der Waals surface area contributed by atoms with Crippen molar-refractivity contribution in [3.05, 3.63) is 0 Å². The smallest absolute Gasteiger partial charge is 0.0863 e. The SMILES string of the molecule is CCC1CCC(C#N)(C2(O)CCCC(C)CC2)C1. The van der Waals surface area contributed by atoms with Crippen LogP contribution in [-0.4, -0.2) is 10.7 Å². The van der Waals surface area contributed by atoms with E-state index in [0.717, 1.165) is 51.4 Å². The maximum Gasteiger partial charge on any atom is 0.0863 e. The average Bonchev–Trinajstić information content (AvgIpc) is 2.74. The van der Waals surface area contributed by atoms with Gasteiger partial charge in [0.1, 0.15) is 0 Å². The number of hydrogen-bond acceptors (Lipinski definition) is 2. The third-order valence-corrected chi connectivity index (χ3v) is 5.64. The fourth-order valence-corrected chi connectivity index (χ4v) is 4.10. The van der Waals surface area contributed by atoms with Crippen molar-refractivity contribution in [1.82, 2.24) is 0 Å². The van der Waals surface area contributed by atoms with Gasteiger partial charge in [0.25, 0.3) is 0 Å². The molecule has 0 aromatic heterocycles. The van der Waals surface area contributed by atoms with Gasteiger partial charge in [0.15, 0.2) is 0 Å². The van der Waals surface area contributed by atoms with Crippen LogP contribution in [0.2, 0.25) is 0 Å². The monoisotopic (exact) mass is 249 g/mol. The van der Waals surface area contributed by atoms with E-state index in [1.54, 1.807) is 0 Å². The van der Waals surface area contributed by atoms with Gasteiger partial charge in [-0.05, 0) is 50.4 Å². The normalized spacial score (nSPS) is 45.4. The Balaban J connectivity index is 2.19. The number of rotatable bonds is 2. The Morgan fingerprint density at radius 3 is 2.61 bits per heavy atom. The molecule has 0 aliphatic heterocycles. The van der Waals surface area contributed by atoms with E-state index in [4.69, 9.17) is 0 Å². The summed E-state index contributed by atoms with van der Waals surface area (Å²) >= 11 is 0. The Labute approximate surface area is 111 Å². The standard InChI is InChI=1S/C16H27NO/c1-3-14-7-9-15(11-14,12-17)16(18)8-4-5-13(2)6-10-16/h13-14,18H,3-11H2,1-2H3. The summed E-state index contributed by atoms with van der Waals surface area (Å²) in [7, 11) is 0. The van der Waals surface area contributed by atoms with Gasteiger partial charge in [-0.25, -0.2) is 0 Å². The first-order valence-electron chi connectivity index (χ1n) is 7.69. The summed E-state index contributed by atoms with van der Waals surface area (Å²) in [6, 6.07) is 2.54. The van der Waals surface area contributed by atoms with E-state index in [0.29, 0.717) is 11.8 Å². The van der Waals surface area contributed by atoms with Gasteiger partial charge >= 0.3 is 0 Å². The van der Waals surface area contributed by atoms with Crippen LogP contribution >= 0.6 is 0 Å². The molecule has 0 bridgehead atoms. The predicted molar refractivity (Wildman–Crippen MR) is 72.9 cm³/mol. The molecule has 2 rings (SSSR count). The Bertz CT molecular complexity index is 334. The largest absolute Gasteiger partial charge is 0.388 e. The molecule has 18 heavy (non-hydrogen) atoms. The van der Waals surface area contributed by atoms with Crippen molar-refractivity contribution in [2.75, 3.05) is 0 Å². The van der Waals surface area contributed by atoms with Crippen LogP contribution in [0.25, 0.3) is 0 Å². The molecular weight excluding hydrogens is 222 g/mol. The van der Waals surface area contributed by atoms with Crippen molar-refractivity contribution in [3.63, 3.8) is 0 Å². The predicted octanol–water partition coefficient (Wildman–Crippen LogP) is 4.04. The number of nitriles is 1. The molecule has 0 saturated heterocycles. The quantitative estimate of drug-likeness (QED) is 0.751. The summed E-state index contributed by atoms with van der Waals surface area (Å²) in [6.45, 7) is 4.48. The number of nitrogens with zero attached hydrogens (tertiary/aromatic N) is 1. The second kappa shape index (κ2) is 5.21. The molecule has 0 aromatic carbocycles. The average molecular weight is 249 g/mol. The molecule has 1 N–H and O–H groups in total. The van der Waals surface area contributed by atoms with Crippen LogP contribution in [-0.2, 0) is 0 Å². The van der Waals surface area contributed by atoms with Gasteiger partial charge in [0, 0.05) is 0 Å². The van der Waals surface area contributed by atoms with E-state index in [2.05, 4.69) is 19.9 Å². The van der Waals surface area contributed by atoms with Crippen molar-refractivity contribution >= 4 is 0 Å². The third-order valence-electron chi connectivity index (χ3n) is 5.64. The zero-order valence-corrected chi connectivity index (χ0v) is 11.9. The minimum Gasteiger partial charge on any atom is -0.388 e. The number of hydrogen-bond donors (Lipinski definition) is 1. The first-order valence-corrected chi connectivity index (χ1v) is 7.69. The van der Waals surface area contributed by atoms with Gasteiger partial charge in [0.05, 0.1) is 17.1 Å². The molecule has 2 nitrogen and oxygen atoms in total. The van der Waals surface area contributed by atoms with Crippen LogP contribution in [0.3, 0.4) is 0 Å². The van der Waals surface area contributed by atoms with Crippen LogP contribution in [0.15, 0.2) is 0 Å². The first kappa shape index (κ1) is 13.9. The van der Waals surface area contributed by atoms with Crippen molar-refractivity contribution in [2.24, 2.45) is 17.3 Å². The Morgan fingerprint density at radius 1 is 1.22 bits per heavy atom. The molecule has 0 heterocycles. The summed E-state index contributed by atoms with van der Waals surface area (Å²) in [6.07, 6.45) is 9.14. The molecule has 2 saturated carbocycles. The fourth-order valence-electron chi connectivity index (χ4n) is 4.10. The highest BCUT2D eigenvalue weighted by Crippen LogP contribution is 2.54. The molecule has 4 atom stereocenters. The zero-order chi connectivity index (χ0) is 13.2. The topological polar surface area (TPSA) is 44.0 Å². The summed E-state index contributed by atoms with van der Waals surface area (Å²) in [5.41, 5.74) is -1.16. The minimum atomic E-state index is -0.712. The molecule has 2 heteroatoms. The third kappa shape index (κ3) is 2.30. The second-order valence-corrected chi connectivity index (χ2v) is 6.78. The van der Waals surface area contributed by atoms with Crippen molar-refractivity contribution in [2.45, 2.75) is 77.2 Å². The lowest BCUT2D eigenvalue weighted by molar-refractivity contribution is -0.0671. The highest BCUT2D eigenvalue weighted by molar-refractivity contribution is 5.15. The summed E-state index contributed by atoms with van der Waals surface area (Å²) < 4.78 is 0. The van der Waals surface area contributed by atoms with Gasteiger partial charge in [0.2, 0.25) is 0 Å². The molecule has 0 radical (unpaired) electrons. The van der Waals surface area contributed by atoms with Crippen molar-refractivity contribution in [3.8, 4) is 6.07 Å². The van der Waals surface area contributed by atoms with Gasteiger partial charge < -0.3 is 5.11 Å².